The van der Waals surface area contributed by atoms with Gasteiger partial charge in [0.1, 0.15) is 0 Å². The van der Waals surface area contributed by atoms with Gasteiger partial charge < -0.3 is 11.1 Å². The Labute approximate surface area is 133 Å². The fourth-order valence-corrected chi connectivity index (χ4v) is 2.75. The van der Waals surface area contributed by atoms with Gasteiger partial charge >= 0.3 is 0 Å². The smallest absolute Gasteiger partial charge is 0.251 e. The van der Waals surface area contributed by atoms with Crippen LogP contribution in [0.3, 0.4) is 0 Å². The fraction of sp³-hybridized carbons (Fsp3) is 0.188. The third-order valence-corrected chi connectivity index (χ3v) is 4.24. The number of nitrogens with two attached hydrogens (primary N) is 1. The van der Waals surface area contributed by atoms with Crippen LogP contribution in [-0.2, 0) is 0 Å². The van der Waals surface area contributed by atoms with Crippen molar-refractivity contribution in [1.29, 1.82) is 0 Å². The highest BCUT2D eigenvalue weighted by atomic mass is 35.5. The number of halogens is 1. The Hall–Kier alpha value is -1.80. The summed E-state index contributed by atoms with van der Waals surface area (Å²) in [5, 5.41) is 5.38. The van der Waals surface area contributed by atoms with Crippen molar-refractivity contribution >= 4 is 28.8 Å². The van der Waals surface area contributed by atoms with E-state index in [1.807, 2.05) is 24.4 Å². The molecule has 2 aromatic rings. The van der Waals surface area contributed by atoms with Crippen LogP contribution in [0.15, 0.2) is 35.7 Å². The Kier molecular flexibility index (Phi) is 5.40. The van der Waals surface area contributed by atoms with E-state index in [0.717, 1.165) is 4.88 Å². The van der Waals surface area contributed by atoms with Crippen molar-refractivity contribution in [3.05, 3.63) is 56.7 Å². The van der Waals surface area contributed by atoms with Gasteiger partial charge in [-0.3, -0.25) is 4.79 Å². The fourth-order valence-electron chi connectivity index (χ4n) is 1.79. The summed E-state index contributed by atoms with van der Waals surface area (Å²) in [4.78, 5) is 13.3. The standard InChI is InChI=1S/C16H15ClN2OS/c1-11(15-5-3-9-21-15)19-16(20)13-7-6-12(4-2-8-18)14(17)10-13/h3,5-7,9-11H,8,18H2,1H3,(H,19,20). The molecule has 0 aliphatic rings. The summed E-state index contributed by atoms with van der Waals surface area (Å²) in [5.74, 6) is 5.45. The van der Waals surface area contributed by atoms with E-state index < -0.39 is 0 Å². The number of hydrogen-bond acceptors (Lipinski definition) is 3. The summed E-state index contributed by atoms with van der Waals surface area (Å²) in [6.45, 7) is 2.23. The average molecular weight is 319 g/mol. The normalized spacial score (nSPS) is 11.4. The molecule has 0 saturated carbocycles. The molecule has 1 amide bonds. The monoisotopic (exact) mass is 318 g/mol. The summed E-state index contributed by atoms with van der Waals surface area (Å²) >= 11 is 7.74. The number of amides is 1. The van der Waals surface area contributed by atoms with Crippen molar-refractivity contribution in [2.45, 2.75) is 13.0 Å². The lowest BCUT2D eigenvalue weighted by Gasteiger charge is -2.12. The molecule has 3 N–H and O–H groups in total. The van der Waals surface area contributed by atoms with Crippen molar-refractivity contribution < 1.29 is 4.79 Å². The lowest BCUT2D eigenvalue weighted by molar-refractivity contribution is 0.0940. The molecule has 108 valence electrons. The van der Waals surface area contributed by atoms with Crippen LogP contribution in [0.25, 0.3) is 0 Å². The van der Waals surface area contributed by atoms with E-state index in [4.69, 9.17) is 17.3 Å². The second-order valence-corrected chi connectivity index (χ2v) is 5.80. The van der Waals surface area contributed by atoms with E-state index in [0.29, 0.717) is 16.1 Å². The van der Waals surface area contributed by atoms with E-state index in [1.54, 1.807) is 29.5 Å². The number of carbonyl (C=O) groups excluding carboxylic acids is 1. The molecule has 1 heterocycles. The van der Waals surface area contributed by atoms with Gasteiger partial charge in [-0.25, -0.2) is 0 Å². The van der Waals surface area contributed by atoms with E-state index in [1.165, 1.54) is 0 Å². The third-order valence-electron chi connectivity index (χ3n) is 2.87. The van der Waals surface area contributed by atoms with Crippen molar-refractivity contribution in [3.63, 3.8) is 0 Å². The molecule has 0 bridgehead atoms. The van der Waals surface area contributed by atoms with Crippen molar-refractivity contribution in [2.75, 3.05) is 6.54 Å². The van der Waals surface area contributed by atoms with Gasteiger partial charge in [0.15, 0.2) is 0 Å². The Morgan fingerprint density at radius 2 is 2.29 bits per heavy atom. The zero-order valence-corrected chi connectivity index (χ0v) is 13.1. The molecule has 0 spiro atoms. The Morgan fingerprint density at radius 1 is 1.48 bits per heavy atom. The van der Waals surface area contributed by atoms with E-state index >= 15 is 0 Å². The number of thiophene rings is 1. The maximum absolute atomic E-state index is 12.2. The highest BCUT2D eigenvalue weighted by Gasteiger charge is 2.13. The van der Waals surface area contributed by atoms with Gasteiger partial charge in [-0.05, 0) is 36.6 Å². The molecule has 21 heavy (non-hydrogen) atoms. The predicted octanol–water partition coefficient (Wildman–Crippen LogP) is 3.20. The largest absolute Gasteiger partial charge is 0.345 e. The van der Waals surface area contributed by atoms with Crippen molar-refractivity contribution in [2.24, 2.45) is 5.73 Å². The zero-order valence-electron chi connectivity index (χ0n) is 11.5. The lowest BCUT2D eigenvalue weighted by atomic mass is 10.1. The van der Waals surface area contributed by atoms with Crippen LogP contribution in [0.2, 0.25) is 5.02 Å². The first kappa shape index (κ1) is 15.6. The van der Waals surface area contributed by atoms with Gasteiger partial charge in [0.2, 0.25) is 0 Å². The minimum absolute atomic E-state index is 0.0343. The quantitative estimate of drug-likeness (QED) is 0.854. The molecule has 2 rings (SSSR count). The molecule has 0 saturated heterocycles. The Morgan fingerprint density at radius 3 is 2.90 bits per heavy atom. The molecule has 1 aromatic heterocycles. The maximum atomic E-state index is 12.2. The van der Waals surface area contributed by atoms with Crippen LogP contribution < -0.4 is 11.1 Å². The molecule has 1 aromatic carbocycles. The number of benzene rings is 1. The van der Waals surface area contributed by atoms with Gasteiger partial charge in [0.25, 0.3) is 5.91 Å². The molecule has 0 radical (unpaired) electrons. The molecule has 1 unspecified atom stereocenters. The van der Waals surface area contributed by atoms with Gasteiger partial charge in [0.05, 0.1) is 17.6 Å². The maximum Gasteiger partial charge on any atom is 0.251 e. The molecule has 1 atom stereocenters. The minimum Gasteiger partial charge on any atom is -0.345 e. The summed E-state index contributed by atoms with van der Waals surface area (Å²) in [5.41, 5.74) is 6.51. The molecule has 0 fully saturated rings. The number of nitrogens with one attached hydrogen (secondary N) is 1. The molecule has 3 nitrogen and oxygen atoms in total. The third kappa shape index (κ3) is 4.08. The Balaban J connectivity index is 2.11. The number of hydrogen-bond donors (Lipinski definition) is 2. The topological polar surface area (TPSA) is 55.1 Å². The van der Waals surface area contributed by atoms with Crippen molar-refractivity contribution in [3.8, 4) is 11.8 Å². The molecular formula is C16H15ClN2OS. The highest BCUT2D eigenvalue weighted by molar-refractivity contribution is 7.10. The molecule has 0 aliphatic heterocycles. The van der Waals surface area contributed by atoms with Crippen LogP contribution in [0.1, 0.15) is 33.8 Å². The number of rotatable bonds is 3. The summed E-state index contributed by atoms with van der Waals surface area (Å²) in [7, 11) is 0. The number of carbonyl (C=O) groups is 1. The van der Waals surface area contributed by atoms with Crippen LogP contribution in [0.4, 0.5) is 0 Å². The summed E-state index contributed by atoms with van der Waals surface area (Å²) in [6.07, 6.45) is 0. The second-order valence-electron chi connectivity index (χ2n) is 4.41. The van der Waals surface area contributed by atoms with Gasteiger partial charge in [-0.15, -0.1) is 11.3 Å². The van der Waals surface area contributed by atoms with E-state index in [9.17, 15) is 4.79 Å². The van der Waals surface area contributed by atoms with Gasteiger partial charge in [-0.1, -0.05) is 29.5 Å². The molecule has 0 aliphatic carbocycles. The van der Waals surface area contributed by atoms with Crippen LogP contribution in [0, 0.1) is 11.8 Å². The highest BCUT2D eigenvalue weighted by Crippen LogP contribution is 2.20. The second kappa shape index (κ2) is 7.28. The van der Waals surface area contributed by atoms with E-state index in [2.05, 4.69) is 17.2 Å². The Bertz CT molecular complexity index is 686. The van der Waals surface area contributed by atoms with Gasteiger partial charge in [0, 0.05) is 16.0 Å². The van der Waals surface area contributed by atoms with Crippen LogP contribution >= 0.6 is 22.9 Å². The lowest BCUT2D eigenvalue weighted by Crippen LogP contribution is -2.26. The van der Waals surface area contributed by atoms with Gasteiger partial charge in [-0.2, -0.15) is 0 Å². The average Bonchev–Trinajstić information content (AvgIpc) is 3.00. The first-order valence-corrected chi connectivity index (χ1v) is 7.70. The minimum atomic E-state index is -0.156. The van der Waals surface area contributed by atoms with Crippen molar-refractivity contribution in [1.82, 2.24) is 5.32 Å². The molecular weight excluding hydrogens is 304 g/mol. The SMILES string of the molecule is CC(NC(=O)c1ccc(C#CCN)c(Cl)c1)c1cccs1. The molecule has 5 heteroatoms. The summed E-state index contributed by atoms with van der Waals surface area (Å²) in [6, 6.07) is 8.99. The van der Waals surface area contributed by atoms with E-state index in [-0.39, 0.29) is 18.5 Å². The first-order valence-electron chi connectivity index (χ1n) is 6.44. The summed E-state index contributed by atoms with van der Waals surface area (Å²) < 4.78 is 0. The predicted molar refractivity (Wildman–Crippen MR) is 87.6 cm³/mol. The van der Waals surface area contributed by atoms with Crippen LogP contribution in [0.5, 0.6) is 0 Å². The van der Waals surface area contributed by atoms with Crippen LogP contribution in [-0.4, -0.2) is 12.5 Å². The zero-order chi connectivity index (χ0) is 15.2. The first-order chi connectivity index (χ1) is 10.1.